The van der Waals surface area contributed by atoms with Crippen molar-refractivity contribution in [3.05, 3.63) is 59.9 Å². The number of anilines is 1. The Balaban J connectivity index is 1.75. The van der Waals surface area contributed by atoms with Crippen molar-refractivity contribution in [2.24, 2.45) is 5.10 Å². The normalized spacial score (nSPS) is 19.3. The van der Waals surface area contributed by atoms with E-state index in [0.29, 0.717) is 11.4 Å². The van der Waals surface area contributed by atoms with Crippen LogP contribution in [0.4, 0.5) is 10.1 Å². The van der Waals surface area contributed by atoms with Gasteiger partial charge >= 0.3 is 0 Å². The number of nitrogens with one attached hydrogen (secondary N) is 2. The van der Waals surface area contributed by atoms with E-state index in [1.165, 1.54) is 19.1 Å². The molecule has 0 bridgehead atoms. The number of amides is 2. The van der Waals surface area contributed by atoms with Crippen molar-refractivity contribution >= 4 is 23.7 Å². The van der Waals surface area contributed by atoms with Crippen molar-refractivity contribution in [3.8, 4) is 5.75 Å². The van der Waals surface area contributed by atoms with Crippen LogP contribution in [-0.4, -0.2) is 23.6 Å². The lowest BCUT2D eigenvalue weighted by atomic mass is 10.0. The van der Waals surface area contributed by atoms with Crippen LogP contribution in [0.3, 0.4) is 0 Å². The molecule has 0 saturated heterocycles. The van der Waals surface area contributed by atoms with E-state index < -0.39 is 23.2 Å². The van der Waals surface area contributed by atoms with E-state index in [0.717, 1.165) is 6.21 Å². The maximum absolute atomic E-state index is 13.5. The van der Waals surface area contributed by atoms with Crippen LogP contribution in [0.2, 0.25) is 0 Å². The molecule has 24 heavy (non-hydrogen) atoms. The molecule has 0 saturated carbocycles. The summed E-state index contributed by atoms with van der Waals surface area (Å²) in [7, 11) is 0. The van der Waals surface area contributed by atoms with Gasteiger partial charge in [-0.2, -0.15) is 5.10 Å². The highest BCUT2D eigenvalue weighted by molar-refractivity contribution is 6.15. The van der Waals surface area contributed by atoms with Crippen LogP contribution in [0.15, 0.2) is 53.6 Å². The van der Waals surface area contributed by atoms with Gasteiger partial charge in [0.05, 0.1) is 11.9 Å². The van der Waals surface area contributed by atoms with Crippen molar-refractivity contribution in [3.63, 3.8) is 0 Å². The second-order valence-corrected chi connectivity index (χ2v) is 5.31. The molecule has 122 valence electrons. The van der Waals surface area contributed by atoms with Crippen LogP contribution in [-0.2, 0) is 9.59 Å². The first-order valence-corrected chi connectivity index (χ1v) is 7.18. The van der Waals surface area contributed by atoms with Crippen molar-refractivity contribution in [2.45, 2.75) is 12.5 Å². The van der Waals surface area contributed by atoms with E-state index >= 15 is 0 Å². The third kappa shape index (κ3) is 2.83. The van der Waals surface area contributed by atoms with Crippen molar-refractivity contribution in [2.75, 3.05) is 5.32 Å². The van der Waals surface area contributed by atoms with Gasteiger partial charge in [0.15, 0.2) is 0 Å². The number of para-hydroxylation sites is 2. The Hall–Kier alpha value is -3.22. The van der Waals surface area contributed by atoms with Gasteiger partial charge in [0.25, 0.3) is 17.4 Å². The minimum atomic E-state index is -1.78. The van der Waals surface area contributed by atoms with Crippen molar-refractivity contribution in [1.82, 2.24) is 5.43 Å². The number of nitrogens with zero attached hydrogens (tertiary/aromatic N) is 1. The van der Waals surface area contributed by atoms with Gasteiger partial charge in [-0.05, 0) is 25.1 Å². The van der Waals surface area contributed by atoms with E-state index in [1.54, 1.807) is 36.4 Å². The predicted molar refractivity (Wildman–Crippen MR) is 86.2 cm³/mol. The van der Waals surface area contributed by atoms with Crippen LogP contribution in [0, 0.1) is 5.82 Å². The lowest BCUT2D eigenvalue weighted by molar-refractivity contribution is -0.146. The fraction of sp³-hybridized carbons (Fsp3) is 0.118. The zero-order chi connectivity index (χ0) is 17.2. The number of fused-ring (bicyclic) bond motifs is 1. The van der Waals surface area contributed by atoms with Crippen LogP contribution >= 0.6 is 0 Å². The smallest absolute Gasteiger partial charge is 0.293 e. The molecule has 6 nitrogen and oxygen atoms in total. The highest BCUT2D eigenvalue weighted by Crippen LogP contribution is 2.33. The van der Waals surface area contributed by atoms with E-state index in [4.69, 9.17) is 4.74 Å². The maximum Gasteiger partial charge on any atom is 0.293 e. The van der Waals surface area contributed by atoms with Gasteiger partial charge in [-0.15, -0.1) is 0 Å². The second-order valence-electron chi connectivity index (χ2n) is 5.31. The molecule has 0 radical (unpaired) electrons. The number of carbonyl (C=O) groups is 2. The molecule has 0 spiro atoms. The Morgan fingerprint density at radius 2 is 1.96 bits per heavy atom. The molecule has 3 rings (SSSR count). The molecule has 0 unspecified atom stereocenters. The van der Waals surface area contributed by atoms with E-state index in [9.17, 15) is 14.0 Å². The monoisotopic (exact) mass is 327 g/mol. The summed E-state index contributed by atoms with van der Waals surface area (Å²) in [5, 5.41) is 6.30. The Morgan fingerprint density at radius 1 is 1.25 bits per heavy atom. The van der Waals surface area contributed by atoms with Gasteiger partial charge in [-0.1, -0.05) is 30.3 Å². The Kier molecular flexibility index (Phi) is 3.99. The van der Waals surface area contributed by atoms with Gasteiger partial charge in [-0.3, -0.25) is 9.59 Å². The van der Waals surface area contributed by atoms with Gasteiger partial charge in [0.1, 0.15) is 11.6 Å². The molecule has 2 aromatic carbocycles. The number of hydrogen-bond acceptors (Lipinski definition) is 4. The lowest BCUT2D eigenvalue weighted by Crippen LogP contribution is -2.57. The highest BCUT2D eigenvalue weighted by atomic mass is 19.1. The number of rotatable bonds is 3. The summed E-state index contributed by atoms with van der Waals surface area (Å²) in [5.74, 6) is -1.46. The van der Waals surface area contributed by atoms with Crippen molar-refractivity contribution < 1.29 is 18.7 Å². The molecule has 2 amide bonds. The molecule has 1 aliphatic heterocycles. The summed E-state index contributed by atoms with van der Waals surface area (Å²) >= 11 is 0. The zero-order valence-electron chi connectivity index (χ0n) is 12.7. The molecule has 0 aliphatic carbocycles. The molecule has 0 aromatic heterocycles. The van der Waals surface area contributed by atoms with E-state index in [2.05, 4.69) is 15.8 Å². The topological polar surface area (TPSA) is 79.8 Å². The molecule has 2 aromatic rings. The summed E-state index contributed by atoms with van der Waals surface area (Å²) in [5.41, 5.74) is 1.13. The largest absolute Gasteiger partial charge is 0.465 e. The summed E-state index contributed by atoms with van der Waals surface area (Å²) in [6.45, 7) is 1.34. The summed E-state index contributed by atoms with van der Waals surface area (Å²) < 4.78 is 19.0. The number of hydrazone groups is 1. The number of halogens is 1. The van der Waals surface area contributed by atoms with Crippen LogP contribution in [0.25, 0.3) is 0 Å². The van der Waals surface area contributed by atoms with E-state index in [-0.39, 0.29) is 5.56 Å². The van der Waals surface area contributed by atoms with Crippen LogP contribution in [0.5, 0.6) is 5.75 Å². The fourth-order valence-electron chi connectivity index (χ4n) is 2.16. The molecule has 2 N–H and O–H groups in total. The molecular formula is C17H14FN3O3. The number of benzene rings is 2. The van der Waals surface area contributed by atoms with Gasteiger partial charge in [-0.25, -0.2) is 9.82 Å². The number of carbonyl (C=O) groups excluding carboxylic acids is 2. The quantitative estimate of drug-likeness (QED) is 0.514. The van der Waals surface area contributed by atoms with Crippen LogP contribution in [0.1, 0.15) is 12.5 Å². The number of ether oxygens (including phenoxy) is 1. The fourth-order valence-corrected chi connectivity index (χ4v) is 2.16. The summed E-state index contributed by atoms with van der Waals surface area (Å²) in [4.78, 5) is 24.5. The van der Waals surface area contributed by atoms with Crippen molar-refractivity contribution in [1.29, 1.82) is 0 Å². The Morgan fingerprint density at radius 3 is 2.75 bits per heavy atom. The van der Waals surface area contributed by atoms with Gasteiger partial charge in [0.2, 0.25) is 0 Å². The molecule has 1 heterocycles. The first-order chi connectivity index (χ1) is 11.5. The first kappa shape index (κ1) is 15.7. The predicted octanol–water partition coefficient (Wildman–Crippen LogP) is 2.07. The molecule has 1 aliphatic rings. The minimum Gasteiger partial charge on any atom is -0.465 e. The third-order valence-electron chi connectivity index (χ3n) is 3.59. The standard InChI is InChI=1S/C17H14FN3O3/c1-17(15(22)20-13-8-4-5-9-14(13)24-17)16(23)21-19-10-11-6-2-3-7-12(11)18/h2-10H,1H3,(H,20,22)(H,21,23)/b19-10-/t17-/m0/s1. The SMILES string of the molecule is C[C@]1(C(=O)N/N=C\c2ccccc2F)Oc2ccccc2NC1=O. The van der Waals surface area contributed by atoms with Crippen LogP contribution < -0.4 is 15.5 Å². The Bertz CT molecular complexity index is 837. The molecule has 7 heteroatoms. The average molecular weight is 327 g/mol. The van der Waals surface area contributed by atoms with E-state index in [1.807, 2.05) is 0 Å². The summed E-state index contributed by atoms with van der Waals surface area (Å²) in [6, 6.07) is 12.7. The molecule has 0 fully saturated rings. The summed E-state index contributed by atoms with van der Waals surface area (Å²) in [6.07, 6.45) is 1.16. The third-order valence-corrected chi connectivity index (χ3v) is 3.59. The molecular weight excluding hydrogens is 313 g/mol. The average Bonchev–Trinajstić information content (AvgIpc) is 2.57. The highest BCUT2D eigenvalue weighted by Gasteiger charge is 2.47. The minimum absolute atomic E-state index is 0.210. The maximum atomic E-state index is 13.5. The second kappa shape index (κ2) is 6.11. The zero-order valence-corrected chi connectivity index (χ0v) is 12.7. The number of hydrogen-bond donors (Lipinski definition) is 2. The first-order valence-electron chi connectivity index (χ1n) is 7.18. The molecule has 1 atom stereocenters. The lowest BCUT2D eigenvalue weighted by Gasteiger charge is -2.32. The van der Waals surface area contributed by atoms with Gasteiger partial charge < -0.3 is 10.1 Å². The Labute approximate surface area is 137 Å². The van der Waals surface area contributed by atoms with Gasteiger partial charge in [0, 0.05) is 5.56 Å².